The third-order valence-corrected chi connectivity index (χ3v) is 2.90. The van der Waals surface area contributed by atoms with Crippen LogP contribution in [0.1, 0.15) is 6.92 Å². The van der Waals surface area contributed by atoms with E-state index in [0.717, 1.165) is 10.3 Å². The first-order chi connectivity index (χ1) is 7.06. The van der Waals surface area contributed by atoms with Crippen molar-refractivity contribution in [2.75, 3.05) is 25.7 Å². The molecule has 0 N–H and O–H groups in total. The molecule has 1 rings (SSSR count). The van der Waals surface area contributed by atoms with Gasteiger partial charge < -0.3 is 9.64 Å². The summed E-state index contributed by atoms with van der Waals surface area (Å²) >= 11 is 9.42. The van der Waals surface area contributed by atoms with E-state index in [1.807, 2.05) is 18.0 Å². The summed E-state index contributed by atoms with van der Waals surface area (Å²) in [5.74, 6) is 0.768. The second-order valence-electron chi connectivity index (χ2n) is 3.37. The van der Waals surface area contributed by atoms with E-state index >= 15 is 0 Å². The van der Waals surface area contributed by atoms with Gasteiger partial charge in [-0.2, -0.15) is 0 Å². The zero-order valence-electron chi connectivity index (χ0n) is 9.00. The van der Waals surface area contributed by atoms with Crippen LogP contribution in [0.25, 0.3) is 0 Å². The van der Waals surface area contributed by atoms with Crippen molar-refractivity contribution in [2.24, 2.45) is 0 Å². The van der Waals surface area contributed by atoms with Crippen molar-refractivity contribution in [3.8, 4) is 0 Å². The normalized spacial score (nSPS) is 12.6. The first-order valence-corrected chi connectivity index (χ1v) is 5.76. The van der Waals surface area contributed by atoms with E-state index in [2.05, 4.69) is 27.8 Å². The summed E-state index contributed by atoms with van der Waals surface area (Å²) in [4.78, 5) is 6.27. The first-order valence-electron chi connectivity index (χ1n) is 4.59. The van der Waals surface area contributed by atoms with Crippen molar-refractivity contribution in [1.82, 2.24) is 4.98 Å². The second-order valence-corrected chi connectivity index (χ2v) is 4.70. The average Bonchev–Trinajstić information content (AvgIpc) is 2.17. The predicted octanol–water partition coefficient (Wildman–Crippen LogP) is 2.97. The van der Waals surface area contributed by atoms with Crippen LogP contribution >= 0.6 is 27.5 Å². The van der Waals surface area contributed by atoms with Crippen LogP contribution in [-0.2, 0) is 4.74 Å². The van der Waals surface area contributed by atoms with Gasteiger partial charge in [0.1, 0.15) is 5.82 Å². The minimum absolute atomic E-state index is 0.237. The van der Waals surface area contributed by atoms with Crippen molar-refractivity contribution in [2.45, 2.75) is 13.0 Å². The lowest BCUT2D eigenvalue weighted by Crippen LogP contribution is -2.33. The van der Waals surface area contributed by atoms with Crippen molar-refractivity contribution in [3.63, 3.8) is 0 Å². The number of halogens is 2. The summed E-state index contributed by atoms with van der Waals surface area (Å²) in [6.45, 7) is 2.70. The van der Waals surface area contributed by atoms with E-state index in [0.29, 0.717) is 11.6 Å². The Bertz CT molecular complexity index is 335. The Kier molecular flexibility index (Phi) is 4.83. The summed E-state index contributed by atoms with van der Waals surface area (Å²) in [5, 5.41) is 0.634. The van der Waals surface area contributed by atoms with Crippen LogP contribution in [0.4, 0.5) is 5.82 Å². The Balaban J connectivity index is 2.86. The van der Waals surface area contributed by atoms with Gasteiger partial charge in [-0.1, -0.05) is 11.6 Å². The standard InChI is InChI=1S/C10H14BrClN2O/c1-7(6-15-3)14(2)10-9(12)4-8(11)5-13-10/h4-5,7H,6H2,1-3H3. The number of hydrogen-bond acceptors (Lipinski definition) is 3. The summed E-state index contributed by atoms with van der Waals surface area (Å²) in [7, 11) is 3.63. The van der Waals surface area contributed by atoms with Gasteiger partial charge in [-0.3, -0.25) is 0 Å². The SMILES string of the molecule is COCC(C)N(C)c1ncc(Br)cc1Cl. The minimum Gasteiger partial charge on any atom is -0.383 e. The Labute approximate surface area is 104 Å². The lowest BCUT2D eigenvalue weighted by Gasteiger charge is -2.26. The largest absolute Gasteiger partial charge is 0.383 e. The fraction of sp³-hybridized carbons (Fsp3) is 0.500. The molecule has 0 saturated carbocycles. The molecule has 0 aromatic carbocycles. The lowest BCUT2D eigenvalue weighted by molar-refractivity contribution is 0.183. The van der Waals surface area contributed by atoms with Crippen molar-refractivity contribution < 1.29 is 4.74 Å². The maximum absolute atomic E-state index is 6.09. The highest BCUT2D eigenvalue weighted by atomic mass is 79.9. The van der Waals surface area contributed by atoms with Crippen LogP contribution in [0.2, 0.25) is 5.02 Å². The number of anilines is 1. The Hall–Kier alpha value is -0.320. The molecule has 1 aromatic heterocycles. The van der Waals surface area contributed by atoms with Gasteiger partial charge in [-0.05, 0) is 28.9 Å². The maximum atomic E-state index is 6.09. The van der Waals surface area contributed by atoms with Crippen LogP contribution in [-0.4, -0.2) is 31.8 Å². The fourth-order valence-corrected chi connectivity index (χ4v) is 1.99. The quantitative estimate of drug-likeness (QED) is 0.853. The molecule has 0 aliphatic rings. The number of pyridine rings is 1. The van der Waals surface area contributed by atoms with Crippen molar-refractivity contribution in [3.05, 3.63) is 21.8 Å². The van der Waals surface area contributed by atoms with Gasteiger partial charge in [-0.15, -0.1) is 0 Å². The molecule has 1 heterocycles. The molecule has 0 radical (unpaired) electrons. The minimum atomic E-state index is 0.237. The van der Waals surface area contributed by atoms with Gasteiger partial charge in [0.25, 0.3) is 0 Å². The third kappa shape index (κ3) is 3.33. The summed E-state index contributed by atoms with van der Waals surface area (Å²) in [5.41, 5.74) is 0. The average molecular weight is 294 g/mol. The highest BCUT2D eigenvalue weighted by Gasteiger charge is 2.14. The zero-order valence-corrected chi connectivity index (χ0v) is 11.3. The van der Waals surface area contributed by atoms with Crippen molar-refractivity contribution >= 4 is 33.3 Å². The molecular formula is C10H14BrClN2O. The fourth-order valence-electron chi connectivity index (χ4n) is 1.23. The van der Waals surface area contributed by atoms with Crippen LogP contribution in [0.5, 0.6) is 0 Å². The van der Waals surface area contributed by atoms with Gasteiger partial charge >= 0.3 is 0 Å². The molecule has 0 aliphatic carbocycles. The van der Waals surface area contributed by atoms with Crippen LogP contribution in [0.15, 0.2) is 16.7 Å². The molecule has 1 atom stereocenters. The molecular weight excluding hydrogens is 279 g/mol. The first kappa shape index (κ1) is 12.7. The monoisotopic (exact) mass is 292 g/mol. The molecule has 1 aromatic rings. The molecule has 0 amide bonds. The number of nitrogens with zero attached hydrogens (tertiary/aromatic N) is 2. The summed E-state index contributed by atoms with van der Waals surface area (Å²) in [6.07, 6.45) is 1.73. The highest BCUT2D eigenvalue weighted by Crippen LogP contribution is 2.26. The number of hydrogen-bond donors (Lipinski definition) is 0. The summed E-state index contributed by atoms with van der Waals surface area (Å²) in [6, 6.07) is 2.07. The number of rotatable bonds is 4. The maximum Gasteiger partial charge on any atom is 0.147 e. The molecule has 15 heavy (non-hydrogen) atoms. The van der Waals surface area contributed by atoms with E-state index < -0.39 is 0 Å². The lowest BCUT2D eigenvalue weighted by atomic mass is 10.3. The van der Waals surface area contributed by atoms with E-state index in [4.69, 9.17) is 16.3 Å². The van der Waals surface area contributed by atoms with Gasteiger partial charge in [0.05, 0.1) is 17.7 Å². The Morgan fingerprint density at radius 1 is 1.67 bits per heavy atom. The van der Waals surface area contributed by atoms with Gasteiger partial charge in [-0.25, -0.2) is 4.98 Å². The topological polar surface area (TPSA) is 25.4 Å². The molecule has 0 spiro atoms. The van der Waals surface area contributed by atoms with Gasteiger partial charge in [0, 0.05) is 24.8 Å². The Morgan fingerprint density at radius 3 is 2.87 bits per heavy atom. The van der Waals surface area contributed by atoms with E-state index in [-0.39, 0.29) is 6.04 Å². The molecule has 0 fully saturated rings. The molecule has 5 heteroatoms. The molecule has 84 valence electrons. The number of methoxy groups -OCH3 is 1. The highest BCUT2D eigenvalue weighted by molar-refractivity contribution is 9.10. The molecule has 3 nitrogen and oxygen atoms in total. The number of aromatic nitrogens is 1. The van der Waals surface area contributed by atoms with Crippen LogP contribution in [0.3, 0.4) is 0 Å². The van der Waals surface area contributed by atoms with Gasteiger partial charge in [0.2, 0.25) is 0 Å². The van der Waals surface area contributed by atoms with Crippen molar-refractivity contribution in [1.29, 1.82) is 0 Å². The summed E-state index contributed by atoms with van der Waals surface area (Å²) < 4.78 is 5.97. The smallest absolute Gasteiger partial charge is 0.147 e. The van der Waals surface area contributed by atoms with Crippen LogP contribution in [0, 0.1) is 0 Å². The van der Waals surface area contributed by atoms with E-state index in [9.17, 15) is 0 Å². The Morgan fingerprint density at radius 2 is 2.33 bits per heavy atom. The number of likely N-dealkylation sites (N-methyl/N-ethyl adjacent to an activating group) is 1. The number of ether oxygens (including phenoxy) is 1. The molecule has 0 bridgehead atoms. The molecule has 1 unspecified atom stereocenters. The van der Waals surface area contributed by atoms with Crippen LogP contribution < -0.4 is 4.90 Å². The van der Waals surface area contributed by atoms with E-state index in [1.54, 1.807) is 13.3 Å². The molecule has 0 aliphatic heterocycles. The zero-order chi connectivity index (χ0) is 11.4. The van der Waals surface area contributed by atoms with E-state index in [1.165, 1.54) is 0 Å². The third-order valence-electron chi connectivity index (χ3n) is 2.19. The molecule has 0 saturated heterocycles. The second kappa shape index (κ2) is 5.68. The predicted molar refractivity (Wildman–Crippen MR) is 66.7 cm³/mol. The van der Waals surface area contributed by atoms with Gasteiger partial charge in [0.15, 0.2) is 0 Å².